The van der Waals surface area contributed by atoms with Gasteiger partial charge >= 0.3 is 6.03 Å². The van der Waals surface area contributed by atoms with E-state index in [9.17, 15) is 14.4 Å². The van der Waals surface area contributed by atoms with Crippen molar-refractivity contribution in [3.63, 3.8) is 0 Å². The van der Waals surface area contributed by atoms with Crippen LogP contribution < -0.4 is 5.32 Å². The Morgan fingerprint density at radius 1 is 0.889 bits per heavy atom. The van der Waals surface area contributed by atoms with E-state index in [0.717, 1.165) is 9.80 Å². The average Bonchev–Trinajstić information content (AvgIpc) is 2.22. The molecular weight excluding hydrogens is 234 g/mol. The van der Waals surface area contributed by atoms with E-state index in [-0.39, 0.29) is 6.42 Å². The summed E-state index contributed by atoms with van der Waals surface area (Å²) in [4.78, 5) is 34.5. The number of nitrogens with zero attached hydrogens (tertiary/aromatic N) is 2. The van der Waals surface area contributed by atoms with Crippen LogP contribution in [-0.2, 0) is 9.59 Å². The van der Waals surface area contributed by atoms with Crippen molar-refractivity contribution in [2.75, 3.05) is 14.1 Å². The zero-order chi connectivity index (χ0) is 14.5. The third kappa shape index (κ3) is 5.27. The number of rotatable bonds is 2. The molecule has 1 saturated heterocycles. The Morgan fingerprint density at radius 2 is 1.22 bits per heavy atom. The molecule has 0 radical (unpaired) electrons. The minimum Gasteiger partial charge on any atom is -0.312 e. The van der Waals surface area contributed by atoms with Gasteiger partial charge in [0.25, 0.3) is 0 Å². The second-order valence-corrected chi connectivity index (χ2v) is 4.84. The summed E-state index contributed by atoms with van der Waals surface area (Å²) in [5.74, 6) is -0.892. The standard InChI is InChI=1S/C6H8N2O3.C6H15N/c1-7-4(9)3-5(10)8(2)6(7)11;1-5(2)7-6(3)4/h3H2,1-2H3;5-7H,1-4H3. The number of nitrogens with one attached hydrogen (secondary N) is 1. The Morgan fingerprint density at radius 3 is 1.44 bits per heavy atom. The van der Waals surface area contributed by atoms with Gasteiger partial charge in [-0.15, -0.1) is 0 Å². The number of urea groups is 1. The number of carbonyl (C=O) groups is 3. The third-order valence-corrected chi connectivity index (χ3v) is 2.29. The molecule has 0 atom stereocenters. The summed E-state index contributed by atoms with van der Waals surface area (Å²) >= 11 is 0. The van der Waals surface area contributed by atoms with Crippen LogP contribution in [-0.4, -0.2) is 53.8 Å². The molecule has 4 amide bonds. The first-order chi connectivity index (χ1) is 8.16. The fourth-order valence-electron chi connectivity index (χ4n) is 1.47. The predicted octanol–water partition coefficient (Wildman–Crippen LogP) is 0.820. The Bertz CT molecular complexity index is 299. The molecule has 1 aliphatic rings. The lowest BCUT2D eigenvalue weighted by atomic mass is 10.3. The first kappa shape index (κ1) is 16.6. The number of hydrogen-bond donors (Lipinski definition) is 1. The highest BCUT2D eigenvalue weighted by molar-refractivity contribution is 6.13. The molecule has 18 heavy (non-hydrogen) atoms. The molecule has 0 aliphatic carbocycles. The highest BCUT2D eigenvalue weighted by Crippen LogP contribution is 2.06. The summed E-state index contributed by atoms with van der Waals surface area (Å²) in [6, 6.07) is 0.686. The molecule has 6 heteroatoms. The smallest absolute Gasteiger partial charge is 0.312 e. The number of barbiturate groups is 1. The van der Waals surface area contributed by atoms with E-state index in [1.165, 1.54) is 14.1 Å². The van der Waals surface area contributed by atoms with Crippen LogP contribution in [0.4, 0.5) is 4.79 Å². The van der Waals surface area contributed by atoms with E-state index in [2.05, 4.69) is 33.0 Å². The van der Waals surface area contributed by atoms with Gasteiger partial charge in [-0.05, 0) is 0 Å². The lowest BCUT2D eigenvalue weighted by Crippen LogP contribution is -2.51. The molecule has 0 unspecified atom stereocenters. The molecule has 104 valence electrons. The zero-order valence-corrected chi connectivity index (χ0v) is 12.0. The van der Waals surface area contributed by atoms with Gasteiger partial charge in [0.15, 0.2) is 0 Å². The highest BCUT2D eigenvalue weighted by atomic mass is 16.2. The van der Waals surface area contributed by atoms with Crippen LogP contribution in [0.2, 0.25) is 0 Å². The fourth-order valence-corrected chi connectivity index (χ4v) is 1.47. The van der Waals surface area contributed by atoms with Crippen molar-refractivity contribution in [3.05, 3.63) is 0 Å². The molecule has 0 saturated carbocycles. The molecule has 1 fully saturated rings. The van der Waals surface area contributed by atoms with E-state index in [1.807, 2.05) is 0 Å². The molecular formula is C12H23N3O3. The van der Waals surface area contributed by atoms with Crippen LogP contribution in [0, 0.1) is 0 Å². The van der Waals surface area contributed by atoms with Crippen molar-refractivity contribution in [2.24, 2.45) is 0 Å². The maximum absolute atomic E-state index is 11.0. The van der Waals surface area contributed by atoms with Gasteiger partial charge in [-0.2, -0.15) is 0 Å². The van der Waals surface area contributed by atoms with Crippen molar-refractivity contribution >= 4 is 17.8 Å². The number of carbonyl (C=O) groups excluding carboxylic acids is 3. The van der Waals surface area contributed by atoms with Crippen molar-refractivity contribution < 1.29 is 14.4 Å². The summed E-state index contributed by atoms with van der Waals surface area (Å²) in [7, 11) is 2.71. The fraction of sp³-hybridized carbons (Fsp3) is 0.750. The Labute approximate surface area is 108 Å². The molecule has 0 aromatic rings. The molecule has 0 aromatic carbocycles. The first-order valence-electron chi connectivity index (χ1n) is 6.00. The van der Waals surface area contributed by atoms with Crippen LogP contribution in [0.1, 0.15) is 34.1 Å². The molecule has 1 heterocycles. The Kier molecular flexibility index (Phi) is 6.54. The average molecular weight is 257 g/mol. The van der Waals surface area contributed by atoms with Gasteiger partial charge in [-0.3, -0.25) is 19.4 Å². The van der Waals surface area contributed by atoms with Crippen LogP contribution in [0.25, 0.3) is 0 Å². The maximum Gasteiger partial charge on any atom is 0.332 e. The van der Waals surface area contributed by atoms with Crippen LogP contribution >= 0.6 is 0 Å². The predicted molar refractivity (Wildman–Crippen MR) is 69.0 cm³/mol. The van der Waals surface area contributed by atoms with E-state index in [1.54, 1.807) is 0 Å². The van der Waals surface area contributed by atoms with E-state index < -0.39 is 17.8 Å². The molecule has 0 spiro atoms. The first-order valence-corrected chi connectivity index (χ1v) is 6.00. The number of imide groups is 2. The normalized spacial score (nSPS) is 16.3. The summed E-state index contributed by atoms with van der Waals surface area (Å²) in [5.41, 5.74) is 0. The van der Waals surface area contributed by atoms with Crippen molar-refractivity contribution in [1.82, 2.24) is 15.1 Å². The second-order valence-electron chi connectivity index (χ2n) is 4.84. The summed E-state index contributed by atoms with van der Waals surface area (Å²) in [5, 5.41) is 3.31. The second kappa shape index (κ2) is 7.10. The molecule has 1 rings (SSSR count). The minimum absolute atomic E-state index is 0.210. The molecule has 0 aromatic heterocycles. The van der Waals surface area contributed by atoms with Crippen LogP contribution in [0.5, 0.6) is 0 Å². The van der Waals surface area contributed by atoms with Crippen molar-refractivity contribution in [3.8, 4) is 0 Å². The zero-order valence-electron chi connectivity index (χ0n) is 12.0. The minimum atomic E-state index is -0.564. The van der Waals surface area contributed by atoms with Gasteiger partial charge in [0, 0.05) is 26.2 Å². The van der Waals surface area contributed by atoms with Gasteiger partial charge in [0.05, 0.1) is 0 Å². The number of amides is 4. The lowest BCUT2D eigenvalue weighted by Gasteiger charge is -2.26. The molecule has 1 N–H and O–H groups in total. The summed E-state index contributed by atoms with van der Waals surface area (Å²) in [6.45, 7) is 8.61. The van der Waals surface area contributed by atoms with Crippen molar-refractivity contribution in [1.29, 1.82) is 0 Å². The van der Waals surface area contributed by atoms with Crippen molar-refractivity contribution in [2.45, 2.75) is 46.2 Å². The molecule has 0 bridgehead atoms. The topological polar surface area (TPSA) is 69.7 Å². The Hall–Kier alpha value is -1.43. The molecule has 1 aliphatic heterocycles. The quantitative estimate of drug-likeness (QED) is 0.744. The monoisotopic (exact) mass is 257 g/mol. The lowest BCUT2D eigenvalue weighted by molar-refractivity contribution is -0.140. The van der Waals surface area contributed by atoms with Gasteiger partial charge in [-0.1, -0.05) is 27.7 Å². The van der Waals surface area contributed by atoms with Gasteiger partial charge in [-0.25, -0.2) is 4.79 Å². The van der Waals surface area contributed by atoms with Gasteiger partial charge < -0.3 is 5.32 Å². The van der Waals surface area contributed by atoms with Gasteiger partial charge in [0.1, 0.15) is 6.42 Å². The largest absolute Gasteiger partial charge is 0.332 e. The van der Waals surface area contributed by atoms with Crippen LogP contribution in [0.15, 0.2) is 0 Å². The van der Waals surface area contributed by atoms with Gasteiger partial charge in [0.2, 0.25) is 11.8 Å². The number of hydrogen-bond acceptors (Lipinski definition) is 4. The third-order valence-electron chi connectivity index (χ3n) is 2.29. The maximum atomic E-state index is 11.0. The summed E-state index contributed by atoms with van der Waals surface area (Å²) < 4.78 is 0. The summed E-state index contributed by atoms with van der Waals surface area (Å²) in [6.07, 6.45) is -0.210. The van der Waals surface area contributed by atoms with E-state index >= 15 is 0 Å². The molecule has 6 nitrogen and oxygen atoms in total. The van der Waals surface area contributed by atoms with E-state index in [4.69, 9.17) is 0 Å². The van der Waals surface area contributed by atoms with Crippen LogP contribution in [0.3, 0.4) is 0 Å². The SMILES string of the molecule is CC(C)NC(C)C.CN1C(=O)CC(=O)N(C)C1=O. The Balaban J connectivity index is 0.000000360. The highest BCUT2D eigenvalue weighted by Gasteiger charge is 2.32. The van der Waals surface area contributed by atoms with E-state index in [0.29, 0.717) is 12.1 Å².